The van der Waals surface area contributed by atoms with Crippen LogP contribution in [0, 0.1) is 0 Å². The average Bonchev–Trinajstić information content (AvgIpc) is 2.29. The summed E-state index contributed by atoms with van der Waals surface area (Å²) in [7, 11) is -3.98. The van der Waals surface area contributed by atoms with Crippen LogP contribution in [0.15, 0.2) is 23.1 Å². The Balaban J connectivity index is 2.93. The van der Waals surface area contributed by atoms with Crippen molar-refractivity contribution in [2.45, 2.75) is 11.0 Å². The van der Waals surface area contributed by atoms with Crippen molar-refractivity contribution in [3.63, 3.8) is 0 Å². The lowest BCUT2D eigenvalue weighted by Gasteiger charge is -2.10. The highest BCUT2D eigenvalue weighted by Gasteiger charge is 2.21. The summed E-state index contributed by atoms with van der Waals surface area (Å²) >= 11 is 11.4. The number of carbonyl (C=O) groups excluding carboxylic acids is 1. The lowest BCUT2D eigenvalue weighted by molar-refractivity contribution is -0.125. The standard InChI is InChI=1S/C9H10Cl2N2O4S/c10-5-1-2-6(11)8(3-5)18(16,17)13-4-7(14)9(12)15/h1-3,7,13-14H,4H2,(H2,12,15). The normalized spacial score (nSPS) is 13.3. The van der Waals surface area contributed by atoms with Gasteiger partial charge in [0.25, 0.3) is 0 Å². The van der Waals surface area contributed by atoms with E-state index >= 15 is 0 Å². The van der Waals surface area contributed by atoms with Gasteiger partial charge in [0.2, 0.25) is 15.9 Å². The molecule has 1 amide bonds. The second-order valence-electron chi connectivity index (χ2n) is 3.34. The zero-order valence-corrected chi connectivity index (χ0v) is 11.3. The number of nitrogens with two attached hydrogens (primary N) is 1. The monoisotopic (exact) mass is 312 g/mol. The maximum absolute atomic E-state index is 11.8. The summed E-state index contributed by atoms with van der Waals surface area (Å²) < 4.78 is 25.6. The Morgan fingerprint density at radius 1 is 1.44 bits per heavy atom. The van der Waals surface area contributed by atoms with Crippen LogP contribution in [-0.4, -0.2) is 32.1 Å². The van der Waals surface area contributed by atoms with Gasteiger partial charge < -0.3 is 10.8 Å². The van der Waals surface area contributed by atoms with Crippen LogP contribution in [0.4, 0.5) is 0 Å². The van der Waals surface area contributed by atoms with Crippen molar-refractivity contribution in [1.29, 1.82) is 0 Å². The Hall–Kier alpha value is -0.860. The number of carbonyl (C=O) groups is 1. The van der Waals surface area contributed by atoms with Crippen molar-refractivity contribution < 1.29 is 18.3 Å². The van der Waals surface area contributed by atoms with Gasteiger partial charge in [0.1, 0.15) is 11.0 Å². The molecule has 1 aromatic carbocycles. The Labute approximate surface area is 114 Å². The van der Waals surface area contributed by atoms with Gasteiger partial charge in [0, 0.05) is 11.6 Å². The molecule has 0 radical (unpaired) electrons. The molecule has 0 fully saturated rings. The van der Waals surface area contributed by atoms with Crippen LogP contribution in [0.2, 0.25) is 10.0 Å². The van der Waals surface area contributed by atoms with Crippen LogP contribution in [-0.2, 0) is 14.8 Å². The van der Waals surface area contributed by atoms with Crippen LogP contribution in [0.25, 0.3) is 0 Å². The van der Waals surface area contributed by atoms with Gasteiger partial charge in [-0.2, -0.15) is 0 Å². The molecule has 4 N–H and O–H groups in total. The SMILES string of the molecule is NC(=O)C(O)CNS(=O)(=O)c1cc(Cl)ccc1Cl. The number of hydrogen-bond acceptors (Lipinski definition) is 4. The molecule has 1 aromatic rings. The van der Waals surface area contributed by atoms with Gasteiger partial charge in [-0.05, 0) is 18.2 Å². The van der Waals surface area contributed by atoms with Gasteiger partial charge in [-0.3, -0.25) is 4.79 Å². The molecule has 0 heterocycles. The molecule has 18 heavy (non-hydrogen) atoms. The van der Waals surface area contributed by atoms with E-state index < -0.39 is 28.6 Å². The van der Waals surface area contributed by atoms with E-state index in [1.807, 2.05) is 4.72 Å². The predicted octanol–water partition coefficient (Wildman–Crippen LogP) is 0.118. The van der Waals surface area contributed by atoms with E-state index in [-0.39, 0.29) is 14.9 Å². The van der Waals surface area contributed by atoms with Crippen LogP contribution in [0.3, 0.4) is 0 Å². The number of hydrogen-bond donors (Lipinski definition) is 3. The summed E-state index contributed by atoms with van der Waals surface area (Å²) in [5.41, 5.74) is 4.79. The van der Waals surface area contributed by atoms with E-state index in [9.17, 15) is 13.2 Å². The Morgan fingerprint density at radius 3 is 2.61 bits per heavy atom. The maximum Gasteiger partial charge on any atom is 0.247 e. The summed E-state index contributed by atoms with van der Waals surface area (Å²) in [4.78, 5) is 10.3. The van der Waals surface area contributed by atoms with Crippen molar-refractivity contribution in [2.24, 2.45) is 5.73 Å². The van der Waals surface area contributed by atoms with Crippen LogP contribution >= 0.6 is 23.2 Å². The summed E-state index contributed by atoms with van der Waals surface area (Å²) in [6.45, 7) is -0.541. The molecule has 1 rings (SSSR count). The van der Waals surface area contributed by atoms with E-state index in [0.29, 0.717) is 0 Å². The second kappa shape index (κ2) is 5.85. The molecule has 0 aliphatic rings. The molecule has 9 heteroatoms. The number of aliphatic hydroxyl groups excluding tert-OH is 1. The molecular weight excluding hydrogens is 303 g/mol. The number of sulfonamides is 1. The summed E-state index contributed by atoms with van der Waals surface area (Å²) in [5, 5.41) is 9.26. The number of aliphatic hydroxyl groups is 1. The van der Waals surface area contributed by atoms with Crippen molar-refractivity contribution in [3.8, 4) is 0 Å². The Bertz CT molecular complexity index is 562. The van der Waals surface area contributed by atoms with E-state index in [2.05, 4.69) is 0 Å². The quantitative estimate of drug-likeness (QED) is 0.717. The molecule has 0 aromatic heterocycles. The fourth-order valence-electron chi connectivity index (χ4n) is 1.05. The third-order valence-corrected chi connectivity index (χ3v) is 4.12. The minimum Gasteiger partial charge on any atom is -0.382 e. The van der Waals surface area contributed by atoms with Gasteiger partial charge in [-0.15, -0.1) is 0 Å². The molecule has 0 aliphatic heterocycles. The first-order valence-electron chi connectivity index (χ1n) is 4.66. The summed E-state index contributed by atoms with van der Waals surface area (Å²) in [6.07, 6.45) is -1.61. The van der Waals surface area contributed by atoms with Gasteiger partial charge in [-0.25, -0.2) is 13.1 Å². The van der Waals surface area contributed by atoms with Crippen LogP contribution < -0.4 is 10.5 Å². The van der Waals surface area contributed by atoms with Crippen LogP contribution in [0.1, 0.15) is 0 Å². The molecule has 0 saturated carbocycles. The zero-order valence-electron chi connectivity index (χ0n) is 8.93. The van der Waals surface area contributed by atoms with E-state index in [4.69, 9.17) is 34.0 Å². The zero-order chi connectivity index (χ0) is 13.9. The number of benzene rings is 1. The van der Waals surface area contributed by atoms with Crippen LogP contribution in [0.5, 0.6) is 0 Å². The van der Waals surface area contributed by atoms with Gasteiger partial charge in [0.15, 0.2) is 0 Å². The third-order valence-electron chi connectivity index (χ3n) is 1.98. The maximum atomic E-state index is 11.8. The third kappa shape index (κ3) is 3.82. The first kappa shape index (κ1) is 15.2. The fraction of sp³-hybridized carbons (Fsp3) is 0.222. The van der Waals surface area contributed by atoms with Crippen molar-refractivity contribution >= 4 is 39.1 Å². The van der Waals surface area contributed by atoms with Crippen molar-refractivity contribution in [2.75, 3.05) is 6.54 Å². The molecule has 0 spiro atoms. The molecule has 0 aliphatic carbocycles. The summed E-state index contributed by atoms with van der Waals surface area (Å²) in [6, 6.07) is 3.91. The lowest BCUT2D eigenvalue weighted by atomic mass is 10.3. The van der Waals surface area contributed by atoms with Crippen molar-refractivity contribution in [1.82, 2.24) is 4.72 Å². The Morgan fingerprint density at radius 2 is 2.06 bits per heavy atom. The highest BCUT2D eigenvalue weighted by atomic mass is 35.5. The topological polar surface area (TPSA) is 109 Å². The number of primary amides is 1. The second-order valence-corrected chi connectivity index (χ2v) is 5.92. The van der Waals surface area contributed by atoms with Gasteiger partial charge in [-0.1, -0.05) is 23.2 Å². The lowest BCUT2D eigenvalue weighted by Crippen LogP contribution is -2.40. The molecular formula is C9H10Cl2N2O4S. The van der Waals surface area contributed by atoms with Gasteiger partial charge in [0.05, 0.1) is 5.02 Å². The Kier molecular flexibility index (Phi) is 4.94. The number of rotatable bonds is 5. The number of halogens is 2. The minimum atomic E-state index is -3.98. The first-order chi connectivity index (χ1) is 8.24. The fourth-order valence-corrected chi connectivity index (χ4v) is 2.85. The number of nitrogens with one attached hydrogen (secondary N) is 1. The predicted molar refractivity (Wildman–Crippen MR) is 66.9 cm³/mol. The summed E-state index contributed by atoms with van der Waals surface area (Å²) in [5.74, 6) is -1.03. The molecule has 1 atom stereocenters. The number of amides is 1. The van der Waals surface area contributed by atoms with Crippen molar-refractivity contribution in [3.05, 3.63) is 28.2 Å². The van der Waals surface area contributed by atoms with E-state index in [0.717, 1.165) is 6.07 Å². The molecule has 0 bridgehead atoms. The molecule has 100 valence electrons. The highest BCUT2D eigenvalue weighted by Crippen LogP contribution is 2.24. The van der Waals surface area contributed by atoms with E-state index in [1.165, 1.54) is 12.1 Å². The molecule has 1 unspecified atom stereocenters. The van der Waals surface area contributed by atoms with Gasteiger partial charge >= 0.3 is 0 Å². The molecule has 6 nitrogen and oxygen atoms in total. The van der Waals surface area contributed by atoms with E-state index in [1.54, 1.807) is 0 Å². The minimum absolute atomic E-state index is 0.0273. The first-order valence-corrected chi connectivity index (χ1v) is 6.90. The largest absolute Gasteiger partial charge is 0.382 e. The average molecular weight is 313 g/mol. The molecule has 0 saturated heterocycles. The smallest absolute Gasteiger partial charge is 0.247 e. The highest BCUT2D eigenvalue weighted by molar-refractivity contribution is 7.89.